The van der Waals surface area contributed by atoms with Crippen LogP contribution in [-0.4, -0.2) is 30.7 Å². The third kappa shape index (κ3) is 2.98. The quantitative estimate of drug-likeness (QED) is 0.737. The highest BCUT2D eigenvalue weighted by Gasteiger charge is 2.31. The zero-order valence-corrected chi connectivity index (χ0v) is 11.3. The van der Waals surface area contributed by atoms with E-state index < -0.39 is 0 Å². The lowest BCUT2D eigenvalue weighted by molar-refractivity contribution is 0.0593. The monoisotopic (exact) mass is 224 g/mol. The molecule has 2 fully saturated rings. The molecule has 2 aliphatic heterocycles. The van der Waals surface area contributed by atoms with Gasteiger partial charge in [-0.2, -0.15) is 0 Å². The highest BCUT2D eigenvalue weighted by atomic mass is 15.3. The number of hydrogen-bond donors (Lipinski definition) is 1. The Kier molecular flexibility index (Phi) is 3.91. The molecule has 1 N–H and O–H groups in total. The first kappa shape index (κ1) is 12.4. The maximum atomic E-state index is 3.67. The summed E-state index contributed by atoms with van der Waals surface area (Å²) in [7, 11) is 0. The van der Waals surface area contributed by atoms with Crippen LogP contribution in [0, 0.1) is 11.3 Å². The second-order valence-electron chi connectivity index (χ2n) is 6.64. The second kappa shape index (κ2) is 5.05. The van der Waals surface area contributed by atoms with Crippen LogP contribution in [0.25, 0.3) is 0 Å². The van der Waals surface area contributed by atoms with Gasteiger partial charge in [0.15, 0.2) is 0 Å². The predicted octanol–water partition coefficient (Wildman–Crippen LogP) is 2.84. The minimum absolute atomic E-state index is 0.506. The van der Waals surface area contributed by atoms with Gasteiger partial charge in [-0.05, 0) is 63.1 Å². The molecule has 16 heavy (non-hydrogen) atoms. The molecular weight excluding hydrogens is 196 g/mol. The van der Waals surface area contributed by atoms with E-state index in [9.17, 15) is 0 Å². The van der Waals surface area contributed by atoms with Gasteiger partial charge in [0, 0.05) is 0 Å². The maximum absolute atomic E-state index is 3.67. The van der Waals surface area contributed by atoms with E-state index in [-0.39, 0.29) is 0 Å². The molecule has 0 aliphatic carbocycles. The fourth-order valence-corrected chi connectivity index (χ4v) is 3.22. The van der Waals surface area contributed by atoms with Gasteiger partial charge in [0.25, 0.3) is 0 Å². The zero-order valence-electron chi connectivity index (χ0n) is 11.3. The largest absolute Gasteiger partial charge is 0.302 e. The van der Waals surface area contributed by atoms with E-state index in [2.05, 4.69) is 31.0 Å². The van der Waals surface area contributed by atoms with Crippen LogP contribution in [0.5, 0.6) is 0 Å². The van der Waals surface area contributed by atoms with Crippen LogP contribution < -0.4 is 5.32 Å². The van der Waals surface area contributed by atoms with Crippen molar-refractivity contribution in [2.24, 2.45) is 11.3 Å². The normalized spacial score (nSPS) is 30.6. The van der Waals surface area contributed by atoms with E-state index in [1.165, 1.54) is 51.7 Å². The first-order valence-electron chi connectivity index (χ1n) is 7.05. The first-order chi connectivity index (χ1) is 7.57. The van der Waals surface area contributed by atoms with Gasteiger partial charge in [-0.15, -0.1) is 0 Å². The minimum atomic E-state index is 0.506. The van der Waals surface area contributed by atoms with Crippen LogP contribution in [0.1, 0.15) is 52.9 Å². The molecular formula is C14H28N2. The van der Waals surface area contributed by atoms with Gasteiger partial charge in [0.1, 0.15) is 0 Å². The Hall–Kier alpha value is -0.0800. The van der Waals surface area contributed by atoms with Gasteiger partial charge in [-0.25, -0.2) is 0 Å². The van der Waals surface area contributed by atoms with E-state index in [0.717, 1.165) is 5.92 Å². The Labute approximate surface area is 101 Å². The molecule has 2 heteroatoms. The van der Waals surface area contributed by atoms with Crippen molar-refractivity contribution in [1.29, 1.82) is 0 Å². The Morgan fingerprint density at radius 3 is 2.19 bits per heavy atom. The number of rotatable bonds is 1. The number of nitrogens with one attached hydrogen (secondary N) is 1. The molecule has 2 rings (SSSR count). The van der Waals surface area contributed by atoms with Crippen molar-refractivity contribution in [3.63, 3.8) is 0 Å². The van der Waals surface area contributed by atoms with Gasteiger partial charge >= 0.3 is 0 Å². The van der Waals surface area contributed by atoms with Gasteiger partial charge in [0.05, 0.1) is 6.17 Å². The summed E-state index contributed by atoms with van der Waals surface area (Å²) in [6, 6.07) is 0. The molecule has 0 aromatic heterocycles. The molecule has 2 saturated heterocycles. The summed E-state index contributed by atoms with van der Waals surface area (Å²) < 4.78 is 0. The number of piperidine rings is 2. The highest BCUT2D eigenvalue weighted by Crippen LogP contribution is 2.34. The molecule has 0 bridgehead atoms. The lowest BCUT2D eigenvalue weighted by Gasteiger charge is -2.43. The Morgan fingerprint density at radius 2 is 1.69 bits per heavy atom. The number of nitrogens with zero attached hydrogens (tertiary/aromatic N) is 1. The summed E-state index contributed by atoms with van der Waals surface area (Å²) in [5.41, 5.74) is 0.506. The molecule has 0 aromatic rings. The molecule has 1 atom stereocenters. The third-order valence-electron chi connectivity index (χ3n) is 4.48. The molecule has 0 radical (unpaired) electrons. The summed E-state index contributed by atoms with van der Waals surface area (Å²) in [5.74, 6) is 0.923. The average Bonchev–Trinajstić information content (AvgIpc) is 2.29. The third-order valence-corrected chi connectivity index (χ3v) is 4.48. The molecule has 2 aliphatic rings. The van der Waals surface area contributed by atoms with Gasteiger partial charge in [0.2, 0.25) is 0 Å². The molecule has 0 spiro atoms. The summed E-state index contributed by atoms with van der Waals surface area (Å²) in [6.45, 7) is 11.0. The average molecular weight is 224 g/mol. The minimum Gasteiger partial charge on any atom is -0.302 e. The Balaban J connectivity index is 1.80. The smallest absolute Gasteiger partial charge is 0.0597 e. The van der Waals surface area contributed by atoms with Crippen molar-refractivity contribution in [1.82, 2.24) is 10.2 Å². The maximum Gasteiger partial charge on any atom is 0.0597 e. The van der Waals surface area contributed by atoms with E-state index >= 15 is 0 Å². The van der Waals surface area contributed by atoms with Crippen LogP contribution in [0.3, 0.4) is 0 Å². The van der Waals surface area contributed by atoms with Crippen molar-refractivity contribution in [2.45, 2.75) is 59.0 Å². The van der Waals surface area contributed by atoms with E-state index in [0.29, 0.717) is 11.6 Å². The lowest BCUT2D eigenvalue weighted by Crippen LogP contribution is -2.51. The molecule has 0 saturated carbocycles. The van der Waals surface area contributed by atoms with Gasteiger partial charge in [-0.1, -0.05) is 20.8 Å². The summed E-state index contributed by atoms with van der Waals surface area (Å²) in [5, 5.41) is 3.67. The lowest BCUT2D eigenvalue weighted by atomic mass is 9.75. The van der Waals surface area contributed by atoms with E-state index in [1.54, 1.807) is 0 Å². The second-order valence-corrected chi connectivity index (χ2v) is 6.64. The van der Waals surface area contributed by atoms with Crippen molar-refractivity contribution in [3.8, 4) is 0 Å². The summed E-state index contributed by atoms with van der Waals surface area (Å²) in [6.07, 6.45) is 7.62. The summed E-state index contributed by atoms with van der Waals surface area (Å²) >= 11 is 0. The fraction of sp³-hybridized carbons (Fsp3) is 1.00. The predicted molar refractivity (Wildman–Crippen MR) is 69.4 cm³/mol. The Bertz CT molecular complexity index is 205. The van der Waals surface area contributed by atoms with Crippen molar-refractivity contribution in [2.75, 3.05) is 19.6 Å². The first-order valence-corrected chi connectivity index (χ1v) is 7.05. The van der Waals surface area contributed by atoms with Crippen LogP contribution in [0.4, 0.5) is 0 Å². The van der Waals surface area contributed by atoms with Crippen LogP contribution in [0.2, 0.25) is 0 Å². The molecule has 94 valence electrons. The van der Waals surface area contributed by atoms with E-state index in [1.807, 2.05) is 0 Å². The topological polar surface area (TPSA) is 15.3 Å². The van der Waals surface area contributed by atoms with Crippen LogP contribution >= 0.6 is 0 Å². The van der Waals surface area contributed by atoms with Crippen molar-refractivity contribution >= 4 is 0 Å². The molecule has 1 unspecified atom stereocenters. The zero-order chi connectivity index (χ0) is 11.6. The van der Waals surface area contributed by atoms with Gasteiger partial charge in [-0.3, -0.25) is 4.90 Å². The molecule has 2 nitrogen and oxygen atoms in total. The standard InChI is InChI=1S/C14H28N2/c1-14(2,3)12-7-10-16(11-8-12)13-6-4-5-9-15-13/h12-13,15H,4-11H2,1-3H3. The van der Waals surface area contributed by atoms with Crippen LogP contribution in [-0.2, 0) is 0 Å². The molecule has 0 amide bonds. The number of hydrogen-bond acceptors (Lipinski definition) is 2. The summed E-state index contributed by atoms with van der Waals surface area (Å²) in [4.78, 5) is 2.68. The molecule has 2 heterocycles. The molecule has 0 aromatic carbocycles. The SMILES string of the molecule is CC(C)(C)C1CCN(C2CCCCN2)CC1. The van der Waals surface area contributed by atoms with Crippen molar-refractivity contribution in [3.05, 3.63) is 0 Å². The van der Waals surface area contributed by atoms with Gasteiger partial charge < -0.3 is 5.32 Å². The Morgan fingerprint density at radius 1 is 1.00 bits per heavy atom. The fourth-order valence-electron chi connectivity index (χ4n) is 3.22. The van der Waals surface area contributed by atoms with E-state index in [4.69, 9.17) is 0 Å². The number of likely N-dealkylation sites (tertiary alicyclic amines) is 1. The van der Waals surface area contributed by atoms with Crippen LogP contribution in [0.15, 0.2) is 0 Å². The highest BCUT2D eigenvalue weighted by molar-refractivity contribution is 4.84. The van der Waals surface area contributed by atoms with Crippen molar-refractivity contribution < 1.29 is 0 Å².